The van der Waals surface area contributed by atoms with Crippen molar-refractivity contribution >= 4 is 0 Å². The van der Waals surface area contributed by atoms with Gasteiger partial charge in [0.2, 0.25) is 5.89 Å². The maximum Gasteiger partial charge on any atom is 0.229 e. The second-order valence-corrected chi connectivity index (χ2v) is 6.17. The Balaban J connectivity index is 1.61. The fraction of sp³-hybridized carbons (Fsp3) is 0.857. The van der Waals surface area contributed by atoms with E-state index in [0.29, 0.717) is 12.0 Å². The highest BCUT2D eigenvalue weighted by molar-refractivity contribution is 4.98. The first-order valence-electron chi connectivity index (χ1n) is 7.64. The Morgan fingerprint density at radius 2 is 2.05 bits per heavy atom. The Labute approximate surface area is 120 Å². The molecule has 1 aromatic rings. The summed E-state index contributed by atoms with van der Waals surface area (Å²) >= 11 is 0. The number of piperidine rings is 1. The molecule has 112 valence electrons. The number of aromatic nitrogens is 2. The van der Waals surface area contributed by atoms with Gasteiger partial charge in [0.15, 0.2) is 5.82 Å². The molecule has 6 nitrogen and oxygen atoms in total. The minimum Gasteiger partial charge on any atom is -0.339 e. The number of hydrogen-bond donors (Lipinski definition) is 1. The van der Waals surface area contributed by atoms with E-state index in [1.54, 1.807) is 0 Å². The van der Waals surface area contributed by atoms with Crippen LogP contribution in [0.2, 0.25) is 0 Å². The number of likely N-dealkylation sites (N-methyl/N-ethyl adjacent to an activating group) is 2. The van der Waals surface area contributed by atoms with Crippen molar-refractivity contribution < 1.29 is 4.52 Å². The highest BCUT2D eigenvalue weighted by atomic mass is 16.5. The van der Waals surface area contributed by atoms with Crippen molar-refractivity contribution in [3.8, 4) is 0 Å². The van der Waals surface area contributed by atoms with Gasteiger partial charge in [0.25, 0.3) is 0 Å². The van der Waals surface area contributed by atoms with Crippen LogP contribution in [0.25, 0.3) is 0 Å². The van der Waals surface area contributed by atoms with Crippen LogP contribution in [0, 0.1) is 0 Å². The van der Waals surface area contributed by atoms with Crippen LogP contribution < -0.4 is 5.32 Å². The molecule has 2 aliphatic rings. The molecule has 2 aliphatic heterocycles. The Hall–Kier alpha value is -0.980. The summed E-state index contributed by atoms with van der Waals surface area (Å²) in [4.78, 5) is 9.41. The molecular formula is C14H25N5O. The average molecular weight is 279 g/mol. The lowest BCUT2D eigenvalue weighted by Crippen LogP contribution is -2.50. The van der Waals surface area contributed by atoms with E-state index in [0.717, 1.165) is 63.7 Å². The van der Waals surface area contributed by atoms with Crippen molar-refractivity contribution in [2.45, 2.75) is 31.2 Å². The van der Waals surface area contributed by atoms with Crippen LogP contribution in [-0.4, -0.2) is 72.8 Å². The van der Waals surface area contributed by atoms with Gasteiger partial charge in [-0.1, -0.05) is 5.16 Å². The van der Waals surface area contributed by atoms with E-state index in [2.05, 4.69) is 39.4 Å². The summed E-state index contributed by atoms with van der Waals surface area (Å²) in [5.74, 6) is 2.16. The van der Waals surface area contributed by atoms with Crippen LogP contribution in [-0.2, 0) is 6.42 Å². The van der Waals surface area contributed by atoms with Gasteiger partial charge in [-0.05, 0) is 40.0 Å². The third-order valence-electron chi connectivity index (χ3n) is 4.57. The molecule has 0 amide bonds. The predicted octanol–water partition coefficient (Wildman–Crippen LogP) is 0.325. The first kappa shape index (κ1) is 14.0. The van der Waals surface area contributed by atoms with Crippen molar-refractivity contribution in [3.63, 3.8) is 0 Å². The van der Waals surface area contributed by atoms with E-state index in [1.807, 2.05) is 0 Å². The molecule has 0 bridgehead atoms. The summed E-state index contributed by atoms with van der Waals surface area (Å²) in [5, 5.41) is 7.56. The van der Waals surface area contributed by atoms with Gasteiger partial charge in [-0.15, -0.1) is 0 Å². The molecule has 2 saturated heterocycles. The van der Waals surface area contributed by atoms with E-state index < -0.39 is 0 Å². The molecule has 0 radical (unpaired) electrons. The molecule has 1 unspecified atom stereocenters. The van der Waals surface area contributed by atoms with Gasteiger partial charge < -0.3 is 19.6 Å². The lowest BCUT2D eigenvalue weighted by atomic mass is 9.98. The largest absolute Gasteiger partial charge is 0.339 e. The van der Waals surface area contributed by atoms with E-state index in [1.165, 1.54) is 0 Å². The van der Waals surface area contributed by atoms with Crippen molar-refractivity contribution in [3.05, 3.63) is 11.7 Å². The van der Waals surface area contributed by atoms with E-state index in [9.17, 15) is 0 Å². The van der Waals surface area contributed by atoms with Crippen LogP contribution in [0.5, 0.6) is 0 Å². The molecule has 1 N–H and O–H groups in total. The third kappa shape index (κ3) is 3.19. The predicted molar refractivity (Wildman–Crippen MR) is 76.8 cm³/mol. The summed E-state index contributed by atoms with van der Waals surface area (Å²) in [7, 11) is 4.36. The first-order chi connectivity index (χ1) is 9.72. The maximum absolute atomic E-state index is 5.49. The zero-order chi connectivity index (χ0) is 13.9. The van der Waals surface area contributed by atoms with Crippen molar-refractivity contribution in [2.75, 3.05) is 46.8 Å². The molecule has 2 fully saturated rings. The molecule has 1 atom stereocenters. The Kier molecular flexibility index (Phi) is 4.33. The van der Waals surface area contributed by atoms with Crippen molar-refractivity contribution in [2.24, 2.45) is 0 Å². The molecule has 6 heteroatoms. The SMILES string of the molecule is CN1CCN(C)C(Cc2noc(C3CCNCC3)n2)C1. The molecule has 1 aromatic heterocycles. The van der Waals surface area contributed by atoms with Crippen LogP contribution in [0.3, 0.4) is 0 Å². The van der Waals surface area contributed by atoms with Gasteiger partial charge in [-0.2, -0.15) is 4.98 Å². The second kappa shape index (κ2) is 6.20. The van der Waals surface area contributed by atoms with E-state index in [4.69, 9.17) is 4.52 Å². The van der Waals surface area contributed by atoms with Crippen molar-refractivity contribution in [1.29, 1.82) is 0 Å². The van der Waals surface area contributed by atoms with Crippen LogP contribution >= 0.6 is 0 Å². The van der Waals surface area contributed by atoms with Gasteiger partial charge in [-0.3, -0.25) is 0 Å². The monoisotopic (exact) mass is 279 g/mol. The molecule has 0 spiro atoms. The smallest absolute Gasteiger partial charge is 0.229 e. The van der Waals surface area contributed by atoms with Gasteiger partial charge in [0.1, 0.15) is 0 Å². The Morgan fingerprint density at radius 1 is 1.25 bits per heavy atom. The summed E-state index contributed by atoms with van der Waals surface area (Å²) < 4.78 is 5.49. The highest BCUT2D eigenvalue weighted by Crippen LogP contribution is 2.23. The highest BCUT2D eigenvalue weighted by Gasteiger charge is 2.26. The Morgan fingerprint density at radius 3 is 2.85 bits per heavy atom. The van der Waals surface area contributed by atoms with Gasteiger partial charge in [0.05, 0.1) is 0 Å². The fourth-order valence-electron chi connectivity index (χ4n) is 3.12. The van der Waals surface area contributed by atoms with E-state index in [-0.39, 0.29) is 0 Å². The zero-order valence-electron chi connectivity index (χ0n) is 12.5. The molecule has 0 saturated carbocycles. The van der Waals surface area contributed by atoms with Crippen molar-refractivity contribution in [1.82, 2.24) is 25.3 Å². The topological polar surface area (TPSA) is 57.4 Å². The minimum absolute atomic E-state index is 0.448. The fourth-order valence-corrected chi connectivity index (χ4v) is 3.12. The van der Waals surface area contributed by atoms with Crippen LogP contribution in [0.4, 0.5) is 0 Å². The Bertz CT molecular complexity index is 429. The normalized spacial score (nSPS) is 27.0. The number of hydrogen-bond acceptors (Lipinski definition) is 6. The summed E-state index contributed by atoms with van der Waals surface area (Å²) in [6.45, 7) is 5.44. The quantitative estimate of drug-likeness (QED) is 0.860. The number of rotatable bonds is 3. The molecule has 3 rings (SSSR count). The molecular weight excluding hydrogens is 254 g/mol. The second-order valence-electron chi connectivity index (χ2n) is 6.17. The third-order valence-corrected chi connectivity index (χ3v) is 4.57. The molecule has 0 aromatic carbocycles. The van der Waals surface area contributed by atoms with Crippen LogP contribution in [0.1, 0.15) is 30.5 Å². The number of nitrogens with zero attached hydrogens (tertiary/aromatic N) is 4. The maximum atomic E-state index is 5.49. The summed E-state index contributed by atoms with van der Waals surface area (Å²) in [6.07, 6.45) is 3.09. The lowest BCUT2D eigenvalue weighted by Gasteiger charge is -2.37. The zero-order valence-corrected chi connectivity index (χ0v) is 12.5. The first-order valence-corrected chi connectivity index (χ1v) is 7.64. The number of piperazine rings is 1. The molecule has 20 heavy (non-hydrogen) atoms. The summed E-state index contributed by atoms with van der Waals surface area (Å²) in [5.41, 5.74) is 0. The minimum atomic E-state index is 0.448. The molecule has 3 heterocycles. The summed E-state index contributed by atoms with van der Waals surface area (Å²) in [6, 6.07) is 0.493. The number of nitrogens with one attached hydrogen (secondary N) is 1. The van der Waals surface area contributed by atoms with Gasteiger partial charge in [-0.25, -0.2) is 0 Å². The standard InChI is InChI=1S/C14H25N5O/c1-18-7-8-19(2)12(10-18)9-13-16-14(20-17-13)11-3-5-15-6-4-11/h11-12,15H,3-10H2,1-2H3. The van der Waals surface area contributed by atoms with E-state index >= 15 is 0 Å². The van der Waals surface area contributed by atoms with Crippen LogP contribution in [0.15, 0.2) is 4.52 Å². The molecule has 0 aliphatic carbocycles. The van der Waals surface area contributed by atoms with Gasteiger partial charge >= 0.3 is 0 Å². The lowest BCUT2D eigenvalue weighted by molar-refractivity contribution is 0.113. The van der Waals surface area contributed by atoms with Gasteiger partial charge in [0, 0.05) is 38.0 Å². The average Bonchev–Trinajstić information content (AvgIpc) is 2.92.